The van der Waals surface area contributed by atoms with Crippen LogP contribution in [0.15, 0.2) is 0 Å². The van der Waals surface area contributed by atoms with Gasteiger partial charge in [0.05, 0.1) is 5.60 Å². The molecule has 88 valence electrons. The summed E-state index contributed by atoms with van der Waals surface area (Å²) < 4.78 is 5.74. The molecule has 1 aliphatic heterocycles. The summed E-state index contributed by atoms with van der Waals surface area (Å²) in [6, 6.07) is 1.32. The van der Waals surface area contributed by atoms with Crippen LogP contribution in [0.5, 0.6) is 0 Å². The van der Waals surface area contributed by atoms with Crippen LogP contribution in [0.2, 0.25) is 0 Å². The van der Waals surface area contributed by atoms with Gasteiger partial charge in [-0.05, 0) is 51.9 Å². The largest absolute Gasteiger partial charge is 0.375 e. The van der Waals surface area contributed by atoms with E-state index in [9.17, 15) is 0 Å². The average Bonchev–Trinajstić information content (AvgIpc) is 2.83. The third-order valence-corrected chi connectivity index (χ3v) is 4.27. The van der Waals surface area contributed by atoms with E-state index in [0.717, 1.165) is 13.0 Å². The Kier molecular flexibility index (Phi) is 2.85. The fourth-order valence-corrected chi connectivity index (χ4v) is 2.56. The monoisotopic (exact) mass is 211 g/mol. The third-order valence-electron chi connectivity index (χ3n) is 4.27. The van der Waals surface area contributed by atoms with Crippen LogP contribution < -0.4 is 5.32 Å². The molecule has 1 heterocycles. The van der Waals surface area contributed by atoms with E-state index in [1.54, 1.807) is 0 Å². The Morgan fingerprint density at radius 1 is 1.27 bits per heavy atom. The van der Waals surface area contributed by atoms with E-state index in [4.69, 9.17) is 4.74 Å². The van der Waals surface area contributed by atoms with Gasteiger partial charge in [0.1, 0.15) is 0 Å². The Morgan fingerprint density at radius 3 is 2.47 bits per heavy atom. The van der Waals surface area contributed by atoms with Gasteiger partial charge in [0, 0.05) is 18.7 Å². The van der Waals surface area contributed by atoms with Gasteiger partial charge in [0.2, 0.25) is 0 Å². The van der Waals surface area contributed by atoms with Crippen LogP contribution in [0.4, 0.5) is 0 Å². The zero-order valence-corrected chi connectivity index (χ0v) is 10.6. The van der Waals surface area contributed by atoms with Crippen molar-refractivity contribution in [2.45, 2.75) is 71.1 Å². The number of rotatable bonds is 3. The molecule has 2 aliphatic rings. The summed E-state index contributed by atoms with van der Waals surface area (Å²) in [6.45, 7) is 10.0. The highest BCUT2D eigenvalue weighted by molar-refractivity contribution is 4.98. The van der Waals surface area contributed by atoms with Crippen LogP contribution in [-0.2, 0) is 4.74 Å². The Hall–Kier alpha value is -0.0800. The van der Waals surface area contributed by atoms with Crippen molar-refractivity contribution in [3.8, 4) is 0 Å². The molecule has 1 aliphatic carbocycles. The maximum Gasteiger partial charge on any atom is 0.0641 e. The lowest BCUT2D eigenvalue weighted by Gasteiger charge is -2.38. The molecule has 0 aromatic rings. The van der Waals surface area contributed by atoms with Crippen LogP contribution in [0.3, 0.4) is 0 Å². The molecule has 0 aromatic heterocycles. The topological polar surface area (TPSA) is 21.3 Å². The lowest BCUT2D eigenvalue weighted by Crippen LogP contribution is -2.48. The molecule has 2 heteroatoms. The summed E-state index contributed by atoms with van der Waals surface area (Å²) in [4.78, 5) is 0. The molecule has 2 unspecified atom stereocenters. The van der Waals surface area contributed by atoms with Crippen molar-refractivity contribution in [1.82, 2.24) is 5.32 Å². The standard InChI is InChI=1S/C13H25NO/c1-10(13(4)6-7-13)14-11-5-8-15-12(2,3)9-11/h10-11,14H,5-9H2,1-4H3. The second-order valence-corrected chi connectivity index (χ2v) is 6.34. The van der Waals surface area contributed by atoms with E-state index in [1.165, 1.54) is 19.3 Å². The molecule has 0 aromatic carbocycles. The molecule has 2 atom stereocenters. The number of ether oxygens (including phenoxy) is 1. The SMILES string of the molecule is CC(NC1CCOC(C)(C)C1)C1(C)CC1. The van der Waals surface area contributed by atoms with E-state index in [0.29, 0.717) is 17.5 Å². The van der Waals surface area contributed by atoms with Gasteiger partial charge in [-0.3, -0.25) is 0 Å². The van der Waals surface area contributed by atoms with Crippen LogP contribution in [0, 0.1) is 5.41 Å². The van der Waals surface area contributed by atoms with Gasteiger partial charge < -0.3 is 10.1 Å². The summed E-state index contributed by atoms with van der Waals surface area (Å²) in [5.74, 6) is 0. The van der Waals surface area contributed by atoms with E-state index >= 15 is 0 Å². The van der Waals surface area contributed by atoms with Crippen molar-refractivity contribution < 1.29 is 4.74 Å². The maximum atomic E-state index is 5.74. The molecule has 0 bridgehead atoms. The minimum absolute atomic E-state index is 0.0695. The normalized spacial score (nSPS) is 34.8. The molecule has 0 radical (unpaired) electrons. The lowest BCUT2D eigenvalue weighted by atomic mass is 9.91. The molecule has 1 N–H and O–H groups in total. The van der Waals surface area contributed by atoms with Crippen molar-refractivity contribution in [1.29, 1.82) is 0 Å². The second kappa shape index (κ2) is 3.74. The summed E-state index contributed by atoms with van der Waals surface area (Å²) in [5.41, 5.74) is 0.655. The first-order chi connectivity index (χ1) is 6.91. The smallest absolute Gasteiger partial charge is 0.0641 e. The van der Waals surface area contributed by atoms with Crippen molar-refractivity contribution in [2.24, 2.45) is 5.41 Å². The maximum absolute atomic E-state index is 5.74. The van der Waals surface area contributed by atoms with Gasteiger partial charge in [-0.2, -0.15) is 0 Å². The van der Waals surface area contributed by atoms with Gasteiger partial charge in [-0.1, -0.05) is 6.92 Å². The van der Waals surface area contributed by atoms with Crippen LogP contribution in [0.25, 0.3) is 0 Å². The summed E-state index contributed by atoms with van der Waals surface area (Å²) in [6.07, 6.45) is 5.11. The molecule has 15 heavy (non-hydrogen) atoms. The minimum Gasteiger partial charge on any atom is -0.375 e. The second-order valence-electron chi connectivity index (χ2n) is 6.34. The van der Waals surface area contributed by atoms with Gasteiger partial charge in [0.15, 0.2) is 0 Å². The molecule has 0 spiro atoms. The highest BCUT2D eigenvalue weighted by Crippen LogP contribution is 2.48. The zero-order chi connectivity index (χ0) is 11.1. The first-order valence-corrected chi connectivity index (χ1v) is 6.31. The van der Waals surface area contributed by atoms with Crippen molar-refractivity contribution >= 4 is 0 Å². The average molecular weight is 211 g/mol. The Labute approximate surface area is 93.8 Å². The van der Waals surface area contributed by atoms with Gasteiger partial charge in [-0.15, -0.1) is 0 Å². The van der Waals surface area contributed by atoms with Crippen molar-refractivity contribution in [2.75, 3.05) is 6.61 Å². The van der Waals surface area contributed by atoms with Crippen molar-refractivity contribution in [3.05, 3.63) is 0 Å². The number of hydrogen-bond acceptors (Lipinski definition) is 2. The number of nitrogens with one attached hydrogen (secondary N) is 1. The summed E-state index contributed by atoms with van der Waals surface area (Å²) >= 11 is 0. The Morgan fingerprint density at radius 2 is 1.93 bits per heavy atom. The summed E-state index contributed by atoms with van der Waals surface area (Å²) in [5, 5.41) is 3.80. The Bertz CT molecular complexity index is 233. The molecule has 2 nitrogen and oxygen atoms in total. The predicted octanol–water partition coefficient (Wildman–Crippen LogP) is 2.72. The van der Waals surface area contributed by atoms with Crippen molar-refractivity contribution in [3.63, 3.8) is 0 Å². The molecule has 2 fully saturated rings. The van der Waals surface area contributed by atoms with Crippen LogP contribution >= 0.6 is 0 Å². The van der Waals surface area contributed by atoms with E-state index in [-0.39, 0.29) is 5.60 Å². The van der Waals surface area contributed by atoms with E-state index < -0.39 is 0 Å². The predicted molar refractivity (Wildman–Crippen MR) is 63.0 cm³/mol. The van der Waals surface area contributed by atoms with E-state index in [1.807, 2.05) is 0 Å². The van der Waals surface area contributed by atoms with Gasteiger partial charge in [-0.25, -0.2) is 0 Å². The molecule has 1 saturated heterocycles. The third kappa shape index (κ3) is 2.73. The Balaban J connectivity index is 1.84. The first-order valence-electron chi connectivity index (χ1n) is 6.31. The first kappa shape index (κ1) is 11.4. The summed E-state index contributed by atoms with van der Waals surface area (Å²) in [7, 11) is 0. The molecule has 0 amide bonds. The quantitative estimate of drug-likeness (QED) is 0.775. The molecule has 1 saturated carbocycles. The highest BCUT2D eigenvalue weighted by Gasteiger charge is 2.43. The zero-order valence-electron chi connectivity index (χ0n) is 10.6. The minimum atomic E-state index is 0.0695. The van der Waals surface area contributed by atoms with E-state index in [2.05, 4.69) is 33.0 Å². The lowest BCUT2D eigenvalue weighted by molar-refractivity contribution is -0.0648. The fourth-order valence-electron chi connectivity index (χ4n) is 2.56. The highest BCUT2D eigenvalue weighted by atomic mass is 16.5. The van der Waals surface area contributed by atoms with Crippen LogP contribution in [0.1, 0.15) is 53.4 Å². The number of hydrogen-bond donors (Lipinski definition) is 1. The fraction of sp³-hybridized carbons (Fsp3) is 1.00. The molecular formula is C13H25NO. The van der Waals surface area contributed by atoms with Gasteiger partial charge in [0.25, 0.3) is 0 Å². The molecular weight excluding hydrogens is 186 g/mol. The van der Waals surface area contributed by atoms with Gasteiger partial charge >= 0.3 is 0 Å². The molecule has 2 rings (SSSR count). The van der Waals surface area contributed by atoms with Crippen LogP contribution in [-0.4, -0.2) is 24.3 Å².